The Hall–Kier alpha value is -1.02. The summed E-state index contributed by atoms with van der Waals surface area (Å²) in [6.07, 6.45) is -1.44. The Balaban J connectivity index is 2.69. The molecular formula is C14H17BrF2O6P. The van der Waals surface area contributed by atoms with Crippen LogP contribution in [-0.2, 0) is 24.2 Å². The van der Waals surface area contributed by atoms with E-state index in [-0.39, 0.29) is 4.47 Å². The Morgan fingerprint density at radius 1 is 1.42 bits per heavy atom. The molecule has 0 aliphatic carbocycles. The van der Waals surface area contributed by atoms with Crippen molar-refractivity contribution < 1.29 is 37.0 Å². The van der Waals surface area contributed by atoms with Gasteiger partial charge in [0, 0.05) is 10.0 Å². The minimum atomic E-state index is -5.36. The number of rotatable bonds is 7. The molecule has 0 fully saturated rings. The van der Waals surface area contributed by atoms with Crippen LogP contribution in [0.5, 0.6) is 0 Å². The van der Waals surface area contributed by atoms with Crippen LogP contribution >= 0.6 is 23.5 Å². The number of benzene rings is 1. The molecule has 0 aromatic heterocycles. The van der Waals surface area contributed by atoms with Crippen LogP contribution in [-0.4, -0.2) is 30.4 Å². The van der Waals surface area contributed by atoms with E-state index in [0.717, 1.165) is 6.07 Å². The summed E-state index contributed by atoms with van der Waals surface area (Å²) < 4.78 is 53.9. The highest BCUT2D eigenvalue weighted by Gasteiger charge is 2.53. The zero-order chi connectivity index (χ0) is 18.5. The lowest BCUT2D eigenvalue weighted by molar-refractivity contribution is 0.0166. The van der Waals surface area contributed by atoms with Crippen LogP contribution in [0.1, 0.15) is 25.0 Å². The Morgan fingerprint density at radius 3 is 2.58 bits per heavy atom. The maximum Gasteiger partial charge on any atom is 0.508 e. The van der Waals surface area contributed by atoms with Crippen LogP contribution in [0.2, 0.25) is 0 Å². The number of ether oxygens (including phenoxy) is 2. The van der Waals surface area contributed by atoms with Gasteiger partial charge in [-0.2, -0.15) is 8.78 Å². The van der Waals surface area contributed by atoms with E-state index >= 15 is 0 Å². The van der Waals surface area contributed by atoms with Crippen LogP contribution in [0.4, 0.5) is 13.6 Å². The molecule has 135 valence electrons. The van der Waals surface area contributed by atoms with E-state index in [9.17, 15) is 23.0 Å². The van der Waals surface area contributed by atoms with Crippen molar-refractivity contribution in [2.24, 2.45) is 0 Å². The van der Waals surface area contributed by atoms with Crippen molar-refractivity contribution >= 4 is 29.7 Å². The number of hydrogen-bond donors (Lipinski definition) is 1. The van der Waals surface area contributed by atoms with Crippen molar-refractivity contribution in [2.75, 3.05) is 13.2 Å². The standard InChI is InChI=1S/C14H17BrF2O6P/c1-9(2)23-13(18)21-6-7-22-24(19,20)14(16,17)11-5-4-10(3)8-12(11)15/h4-5,8-9H,3,6-7H2,1-2H3,(H,19,20). The molecule has 1 N–H and O–H groups in total. The van der Waals surface area contributed by atoms with Gasteiger partial charge in [0.05, 0.1) is 12.7 Å². The third-order valence-corrected chi connectivity index (χ3v) is 4.75. The summed E-state index contributed by atoms with van der Waals surface area (Å²) in [5.74, 6) is 0. The summed E-state index contributed by atoms with van der Waals surface area (Å²) in [6, 6.07) is 3.54. The fourth-order valence-electron chi connectivity index (χ4n) is 1.55. The number of carbonyl (C=O) groups is 1. The van der Waals surface area contributed by atoms with Gasteiger partial charge in [-0.05, 0) is 32.4 Å². The summed E-state index contributed by atoms with van der Waals surface area (Å²) in [5.41, 5.74) is -4.41. The largest absolute Gasteiger partial charge is 0.508 e. The Morgan fingerprint density at radius 2 is 2.04 bits per heavy atom. The summed E-state index contributed by atoms with van der Waals surface area (Å²) in [5, 5.41) is 0. The van der Waals surface area contributed by atoms with E-state index in [1.54, 1.807) is 13.8 Å². The average Bonchev–Trinajstić information content (AvgIpc) is 2.42. The molecule has 0 aliphatic heterocycles. The van der Waals surface area contributed by atoms with Gasteiger partial charge in [-0.15, -0.1) is 0 Å². The Kier molecular flexibility index (Phi) is 7.34. The van der Waals surface area contributed by atoms with E-state index in [4.69, 9.17) is 0 Å². The van der Waals surface area contributed by atoms with Crippen molar-refractivity contribution in [3.05, 3.63) is 40.7 Å². The lowest BCUT2D eigenvalue weighted by Gasteiger charge is -2.23. The topological polar surface area (TPSA) is 82.1 Å². The molecule has 0 bridgehead atoms. The van der Waals surface area contributed by atoms with E-state index in [2.05, 4.69) is 36.9 Å². The molecule has 1 aromatic rings. The Bertz CT molecular complexity index is 638. The third-order valence-electron chi connectivity index (χ3n) is 2.61. The molecule has 6 nitrogen and oxygen atoms in total. The maximum atomic E-state index is 14.3. The van der Waals surface area contributed by atoms with Gasteiger partial charge in [-0.3, -0.25) is 4.57 Å². The SMILES string of the molecule is [CH2]c1ccc(C(F)(F)P(=O)(O)OCCOC(=O)OC(C)C)c(Br)c1. The third kappa shape index (κ3) is 5.51. The van der Waals surface area contributed by atoms with Crippen molar-refractivity contribution in [1.82, 2.24) is 0 Å². The molecule has 1 unspecified atom stereocenters. The highest BCUT2D eigenvalue weighted by atomic mass is 79.9. The molecule has 0 spiro atoms. The molecule has 1 atom stereocenters. The average molecular weight is 430 g/mol. The lowest BCUT2D eigenvalue weighted by atomic mass is 10.1. The fourth-order valence-corrected chi connectivity index (χ4v) is 3.36. The van der Waals surface area contributed by atoms with Crippen LogP contribution in [0.25, 0.3) is 0 Å². The summed E-state index contributed by atoms with van der Waals surface area (Å²) in [6.45, 7) is 5.55. The normalized spacial score (nSPS) is 14.3. The number of carbonyl (C=O) groups excluding carboxylic acids is 1. The van der Waals surface area contributed by atoms with Crippen molar-refractivity contribution in [1.29, 1.82) is 0 Å². The van der Waals surface area contributed by atoms with E-state index in [0.29, 0.717) is 5.56 Å². The smallest absolute Gasteiger partial charge is 0.432 e. The molecule has 10 heteroatoms. The van der Waals surface area contributed by atoms with Gasteiger partial charge in [-0.25, -0.2) is 4.79 Å². The minimum absolute atomic E-state index is 0.0744. The van der Waals surface area contributed by atoms with Gasteiger partial charge in [0.15, 0.2) is 0 Å². The molecular weight excluding hydrogens is 413 g/mol. The summed E-state index contributed by atoms with van der Waals surface area (Å²) in [7, 11) is -5.36. The van der Waals surface area contributed by atoms with E-state index in [1.807, 2.05) is 0 Å². The first-order chi connectivity index (χ1) is 11.0. The molecule has 1 aromatic carbocycles. The maximum absolute atomic E-state index is 14.3. The molecule has 0 aliphatic rings. The highest BCUT2D eigenvalue weighted by Crippen LogP contribution is 2.64. The van der Waals surface area contributed by atoms with Crippen LogP contribution in [0.15, 0.2) is 22.7 Å². The van der Waals surface area contributed by atoms with Crippen molar-refractivity contribution in [3.63, 3.8) is 0 Å². The lowest BCUT2D eigenvalue weighted by Crippen LogP contribution is -2.19. The quantitative estimate of drug-likeness (QED) is 0.391. The Labute approximate surface area is 146 Å². The molecule has 1 rings (SSSR count). The van der Waals surface area contributed by atoms with E-state index < -0.39 is 44.3 Å². The van der Waals surface area contributed by atoms with Crippen LogP contribution in [0, 0.1) is 6.92 Å². The predicted molar refractivity (Wildman–Crippen MR) is 85.8 cm³/mol. The van der Waals surface area contributed by atoms with Gasteiger partial charge >= 0.3 is 19.4 Å². The summed E-state index contributed by atoms with van der Waals surface area (Å²) in [4.78, 5) is 20.7. The van der Waals surface area contributed by atoms with Crippen molar-refractivity contribution in [2.45, 2.75) is 25.6 Å². The predicted octanol–water partition coefficient (Wildman–Crippen LogP) is 4.44. The van der Waals surface area contributed by atoms with Gasteiger partial charge in [0.25, 0.3) is 0 Å². The van der Waals surface area contributed by atoms with Gasteiger partial charge < -0.3 is 18.9 Å². The van der Waals surface area contributed by atoms with Crippen molar-refractivity contribution in [3.8, 4) is 0 Å². The first-order valence-corrected chi connectivity index (χ1v) is 9.15. The molecule has 0 heterocycles. The zero-order valence-electron chi connectivity index (χ0n) is 13.0. The van der Waals surface area contributed by atoms with Gasteiger partial charge in [0.2, 0.25) is 0 Å². The molecule has 24 heavy (non-hydrogen) atoms. The first kappa shape index (κ1) is 21.0. The highest BCUT2D eigenvalue weighted by molar-refractivity contribution is 9.10. The monoisotopic (exact) mass is 429 g/mol. The zero-order valence-corrected chi connectivity index (χ0v) is 15.5. The molecule has 0 amide bonds. The molecule has 0 saturated heterocycles. The second-order valence-corrected chi connectivity index (χ2v) is 7.69. The number of alkyl halides is 2. The second kappa shape index (κ2) is 8.38. The number of halogens is 3. The second-order valence-electron chi connectivity index (χ2n) is 4.97. The molecule has 0 saturated carbocycles. The van der Waals surface area contributed by atoms with Gasteiger partial charge in [-0.1, -0.05) is 28.1 Å². The molecule has 1 radical (unpaired) electrons. The number of hydrogen-bond acceptors (Lipinski definition) is 5. The fraction of sp³-hybridized carbons (Fsp3) is 0.429. The van der Waals surface area contributed by atoms with Crippen LogP contribution < -0.4 is 0 Å². The first-order valence-electron chi connectivity index (χ1n) is 6.78. The van der Waals surface area contributed by atoms with Gasteiger partial charge in [0.1, 0.15) is 6.61 Å². The van der Waals surface area contributed by atoms with Crippen LogP contribution in [0.3, 0.4) is 0 Å². The summed E-state index contributed by atoms with van der Waals surface area (Å²) >= 11 is 2.91. The van der Waals surface area contributed by atoms with E-state index in [1.165, 1.54) is 12.1 Å². The minimum Gasteiger partial charge on any atom is -0.432 e.